The van der Waals surface area contributed by atoms with E-state index in [2.05, 4.69) is 5.32 Å². The molecule has 1 aromatic rings. The van der Waals surface area contributed by atoms with Gasteiger partial charge >= 0.3 is 0 Å². The third-order valence-corrected chi connectivity index (χ3v) is 5.21. The van der Waals surface area contributed by atoms with E-state index in [-0.39, 0.29) is 43.0 Å². The first-order valence-corrected chi connectivity index (χ1v) is 9.03. The van der Waals surface area contributed by atoms with Crippen molar-refractivity contribution in [3.8, 4) is 0 Å². The number of hydrogen-bond donors (Lipinski definition) is 2. The van der Waals surface area contributed by atoms with Crippen LogP contribution in [-0.4, -0.2) is 61.9 Å². The number of piperidine rings is 1. The Hall–Kier alpha value is -1.85. The quantitative estimate of drug-likeness (QED) is 0.281. The summed E-state index contributed by atoms with van der Waals surface area (Å²) in [4.78, 5) is 52.1. The van der Waals surface area contributed by atoms with Crippen molar-refractivity contribution >= 4 is 46.2 Å². The topological polar surface area (TPSA) is 107 Å². The van der Waals surface area contributed by atoms with E-state index >= 15 is 0 Å². The number of carbonyl (C=O) groups excluding carboxylic acids is 4. The number of imide groups is 2. The smallest absolute Gasteiger partial charge is 0.262 e. The van der Waals surface area contributed by atoms with E-state index in [4.69, 9.17) is 5.11 Å². The maximum atomic E-state index is 12.8. The fraction of sp³-hybridized carbons (Fsp3) is 0.375. The molecule has 0 radical (unpaired) electrons. The molecule has 9 heteroatoms. The summed E-state index contributed by atoms with van der Waals surface area (Å²) >= 11 is 1.87. The summed E-state index contributed by atoms with van der Waals surface area (Å²) < 4.78 is -0.664. The molecule has 2 heterocycles. The standard InChI is InChI=1S/C16H16IN3O5/c17-16(18-7-8-21)20-12(22)6-5-11(15(20)25)19-13(23)9-3-1-2-4-10(9)14(19)24/h1-4,11,16,18,21H,5-8H2. The third kappa shape index (κ3) is 3.07. The fourth-order valence-corrected chi connectivity index (χ4v) is 3.93. The van der Waals surface area contributed by atoms with Crippen LogP contribution in [0.5, 0.6) is 0 Å². The molecule has 1 aromatic carbocycles. The lowest BCUT2D eigenvalue weighted by atomic mass is 10.0. The van der Waals surface area contributed by atoms with Gasteiger partial charge in [-0.3, -0.25) is 34.3 Å². The highest BCUT2D eigenvalue weighted by molar-refractivity contribution is 14.1. The van der Waals surface area contributed by atoms with Gasteiger partial charge in [-0.05, 0) is 41.1 Å². The maximum absolute atomic E-state index is 12.8. The summed E-state index contributed by atoms with van der Waals surface area (Å²) in [5.74, 6) is -1.98. The number of carbonyl (C=O) groups is 4. The second kappa shape index (κ2) is 7.18. The Bertz CT molecular complexity index is 718. The molecule has 3 rings (SSSR count). The number of hydrogen-bond acceptors (Lipinski definition) is 6. The van der Waals surface area contributed by atoms with Crippen LogP contribution in [0.15, 0.2) is 24.3 Å². The van der Waals surface area contributed by atoms with E-state index in [1.807, 2.05) is 22.6 Å². The predicted molar refractivity (Wildman–Crippen MR) is 94.7 cm³/mol. The highest BCUT2D eigenvalue weighted by Crippen LogP contribution is 2.29. The monoisotopic (exact) mass is 457 g/mol. The Morgan fingerprint density at radius 1 is 1.16 bits per heavy atom. The first kappa shape index (κ1) is 18.0. The molecule has 2 aliphatic heterocycles. The molecule has 0 bridgehead atoms. The second-order valence-electron chi connectivity index (χ2n) is 5.70. The van der Waals surface area contributed by atoms with Gasteiger partial charge in [-0.2, -0.15) is 0 Å². The third-order valence-electron chi connectivity index (χ3n) is 4.21. The van der Waals surface area contributed by atoms with Crippen molar-refractivity contribution in [2.75, 3.05) is 13.2 Å². The highest BCUT2D eigenvalue weighted by atomic mass is 127. The zero-order valence-electron chi connectivity index (χ0n) is 13.1. The lowest BCUT2D eigenvalue weighted by Crippen LogP contribution is -2.60. The van der Waals surface area contributed by atoms with Crippen LogP contribution in [0.3, 0.4) is 0 Å². The lowest BCUT2D eigenvalue weighted by molar-refractivity contribution is -0.152. The van der Waals surface area contributed by atoms with E-state index < -0.39 is 27.9 Å². The molecular weight excluding hydrogens is 441 g/mol. The van der Waals surface area contributed by atoms with Gasteiger partial charge in [0.15, 0.2) is 0 Å². The minimum atomic E-state index is -1.00. The van der Waals surface area contributed by atoms with E-state index in [1.165, 1.54) is 0 Å². The summed E-state index contributed by atoms with van der Waals surface area (Å²) in [6.07, 6.45) is 0.174. The van der Waals surface area contributed by atoms with Gasteiger partial charge < -0.3 is 5.11 Å². The van der Waals surface area contributed by atoms with Crippen LogP contribution in [0.1, 0.15) is 33.6 Å². The van der Waals surface area contributed by atoms with Gasteiger partial charge in [0.2, 0.25) is 5.91 Å². The molecule has 25 heavy (non-hydrogen) atoms. The predicted octanol–water partition coefficient (Wildman–Crippen LogP) is 0.101. The number of fused-ring (bicyclic) bond motifs is 1. The lowest BCUT2D eigenvalue weighted by Gasteiger charge is -2.36. The van der Waals surface area contributed by atoms with Crippen LogP contribution in [0.4, 0.5) is 0 Å². The second-order valence-corrected chi connectivity index (χ2v) is 6.88. The molecule has 132 valence electrons. The summed E-state index contributed by atoms with van der Waals surface area (Å²) in [6, 6.07) is 5.42. The number of aliphatic hydroxyl groups excluding tert-OH is 1. The molecular formula is C16H16IN3O5. The van der Waals surface area contributed by atoms with Crippen molar-refractivity contribution in [3.63, 3.8) is 0 Å². The SMILES string of the molecule is O=C1CCC(N2C(=O)c3ccccc3C2=O)C(=O)N1C(I)NCCO. The van der Waals surface area contributed by atoms with Crippen molar-refractivity contribution < 1.29 is 24.3 Å². The molecule has 0 saturated carbocycles. The average molecular weight is 457 g/mol. The summed E-state index contributed by atoms with van der Waals surface area (Å²) in [7, 11) is 0. The number of alkyl halides is 1. The average Bonchev–Trinajstić information content (AvgIpc) is 2.85. The molecule has 0 aliphatic carbocycles. The zero-order chi connectivity index (χ0) is 18.1. The van der Waals surface area contributed by atoms with Crippen LogP contribution in [0.2, 0.25) is 0 Å². The molecule has 8 nitrogen and oxygen atoms in total. The van der Waals surface area contributed by atoms with E-state index in [0.29, 0.717) is 0 Å². The molecule has 1 saturated heterocycles. The summed E-state index contributed by atoms with van der Waals surface area (Å²) in [5.41, 5.74) is 0.543. The van der Waals surface area contributed by atoms with Crippen molar-refractivity contribution in [2.45, 2.75) is 23.1 Å². The normalized spacial score (nSPS) is 21.8. The van der Waals surface area contributed by atoms with Gasteiger partial charge in [0.25, 0.3) is 17.7 Å². The molecule has 2 aliphatic rings. The Morgan fingerprint density at radius 2 is 1.76 bits per heavy atom. The van der Waals surface area contributed by atoms with Gasteiger partial charge in [0, 0.05) is 13.0 Å². The Labute approximate surface area is 157 Å². The molecule has 1 fully saturated rings. The first-order valence-electron chi connectivity index (χ1n) is 7.78. The van der Waals surface area contributed by atoms with E-state index in [1.54, 1.807) is 24.3 Å². The summed E-state index contributed by atoms with van der Waals surface area (Å²) in [5, 5.41) is 11.7. The van der Waals surface area contributed by atoms with Crippen LogP contribution in [-0.2, 0) is 9.59 Å². The number of nitrogens with zero attached hydrogens (tertiary/aromatic N) is 2. The van der Waals surface area contributed by atoms with Crippen molar-refractivity contribution in [1.29, 1.82) is 0 Å². The Balaban J connectivity index is 1.86. The van der Waals surface area contributed by atoms with Gasteiger partial charge in [-0.15, -0.1) is 0 Å². The number of aliphatic hydroxyl groups is 1. The van der Waals surface area contributed by atoms with Crippen LogP contribution in [0, 0.1) is 0 Å². The number of likely N-dealkylation sites (tertiary alicyclic amines) is 1. The van der Waals surface area contributed by atoms with Gasteiger partial charge in [0.1, 0.15) is 10.2 Å². The van der Waals surface area contributed by atoms with Crippen molar-refractivity contribution in [3.05, 3.63) is 35.4 Å². The van der Waals surface area contributed by atoms with Crippen LogP contribution < -0.4 is 5.32 Å². The molecule has 2 N–H and O–H groups in total. The number of amides is 4. The molecule has 0 spiro atoms. The fourth-order valence-electron chi connectivity index (χ4n) is 3.03. The van der Waals surface area contributed by atoms with Gasteiger partial charge in [-0.1, -0.05) is 12.1 Å². The largest absolute Gasteiger partial charge is 0.395 e. The molecule has 2 unspecified atom stereocenters. The van der Waals surface area contributed by atoms with Crippen molar-refractivity contribution in [2.24, 2.45) is 0 Å². The zero-order valence-corrected chi connectivity index (χ0v) is 15.3. The number of halogens is 1. The minimum absolute atomic E-state index is 0.0596. The number of rotatable bonds is 5. The molecule has 0 aromatic heterocycles. The Kier molecular flexibility index (Phi) is 5.16. The summed E-state index contributed by atoms with van der Waals surface area (Å²) in [6.45, 7) is 0.0694. The Morgan fingerprint density at radius 3 is 2.32 bits per heavy atom. The molecule has 4 amide bonds. The number of benzene rings is 1. The number of nitrogens with one attached hydrogen (secondary N) is 1. The maximum Gasteiger partial charge on any atom is 0.262 e. The first-order chi connectivity index (χ1) is 12.0. The van der Waals surface area contributed by atoms with Crippen molar-refractivity contribution in [1.82, 2.24) is 15.1 Å². The minimum Gasteiger partial charge on any atom is -0.395 e. The van der Waals surface area contributed by atoms with Gasteiger partial charge in [-0.25, -0.2) is 0 Å². The van der Waals surface area contributed by atoms with E-state index in [0.717, 1.165) is 9.80 Å². The van der Waals surface area contributed by atoms with Crippen LogP contribution in [0.25, 0.3) is 0 Å². The van der Waals surface area contributed by atoms with E-state index in [9.17, 15) is 19.2 Å². The van der Waals surface area contributed by atoms with Gasteiger partial charge in [0.05, 0.1) is 17.7 Å². The highest BCUT2D eigenvalue weighted by Gasteiger charge is 2.47. The molecule has 2 atom stereocenters. The van der Waals surface area contributed by atoms with Crippen LogP contribution >= 0.6 is 22.6 Å².